The van der Waals surface area contributed by atoms with Crippen LogP contribution < -0.4 is 5.32 Å². The van der Waals surface area contributed by atoms with Gasteiger partial charge < -0.3 is 14.8 Å². The molecule has 1 fully saturated rings. The fraction of sp³-hybridized carbons (Fsp3) is 0.348. The van der Waals surface area contributed by atoms with E-state index in [1.54, 1.807) is 31.2 Å². The van der Waals surface area contributed by atoms with E-state index in [2.05, 4.69) is 5.32 Å². The summed E-state index contributed by atoms with van der Waals surface area (Å²) >= 11 is 1.53. The average molecular weight is 443 g/mol. The van der Waals surface area contributed by atoms with E-state index in [0.717, 1.165) is 5.56 Å². The SMILES string of the molecule is CCCOC(=O)C1CSC(c2ccccc2)N1C(=O)Nc1ccc(C(=O)OCC)cc1. The van der Waals surface area contributed by atoms with Gasteiger partial charge in [0.2, 0.25) is 0 Å². The summed E-state index contributed by atoms with van der Waals surface area (Å²) in [5.74, 6) is -0.364. The second kappa shape index (κ2) is 10.9. The molecule has 1 aliphatic rings. The van der Waals surface area contributed by atoms with Gasteiger partial charge in [0, 0.05) is 11.4 Å². The van der Waals surface area contributed by atoms with E-state index in [-0.39, 0.29) is 5.37 Å². The summed E-state index contributed by atoms with van der Waals surface area (Å²) in [4.78, 5) is 39.2. The van der Waals surface area contributed by atoms with E-state index in [0.29, 0.717) is 36.6 Å². The van der Waals surface area contributed by atoms with Gasteiger partial charge in [-0.1, -0.05) is 37.3 Å². The summed E-state index contributed by atoms with van der Waals surface area (Å²) in [5, 5.41) is 2.53. The molecule has 2 amide bonds. The zero-order valence-electron chi connectivity index (χ0n) is 17.6. The highest BCUT2D eigenvalue weighted by Crippen LogP contribution is 2.42. The number of nitrogens with zero attached hydrogens (tertiary/aromatic N) is 1. The molecule has 2 aromatic carbocycles. The molecule has 0 saturated carbocycles. The number of carbonyl (C=O) groups is 3. The molecule has 3 rings (SSSR count). The number of esters is 2. The van der Waals surface area contributed by atoms with Gasteiger partial charge in [0.1, 0.15) is 11.4 Å². The molecule has 0 aromatic heterocycles. The third-order valence-electron chi connectivity index (χ3n) is 4.69. The van der Waals surface area contributed by atoms with Crippen molar-refractivity contribution < 1.29 is 23.9 Å². The molecule has 0 bridgehead atoms. The molecule has 164 valence electrons. The number of ether oxygens (including phenoxy) is 2. The maximum atomic E-state index is 13.2. The molecule has 0 spiro atoms. The Hall–Kier alpha value is -3.00. The summed E-state index contributed by atoms with van der Waals surface area (Å²) in [5.41, 5.74) is 1.85. The van der Waals surface area contributed by atoms with E-state index in [4.69, 9.17) is 9.47 Å². The Kier molecular flexibility index (Phi) is 7.94. The minimum atomic E-state index is -0.680. The van der Waals surface area contributed by atoms with Crippen LogP contribution in [0.2, 0.25) is 0 Å². The molecule has 1 N–H and O–H groups in total. The number of carbonyl (C=O) groups excluding carboxylic acids is 3. The Morgan fingerprint density at radius 3 is 2.39 bits per heavy atom. The topological polar surface area (TPSA) is 84.9 Å². The quantitative estimate of drug-likeness (QED) is 0.637. The van der Waals surface area contributed by atoms with Crippen LogP contribution in [0.25, 0.3) is 0 Å². The number of amides is 2. The molecule has 2 unspecified atom stereocenters. The van der Waals surface area contributed by atoms with Crippen molar-refractivity contribution >= 4 is 35.4 Å². The molecule has 0 aliphatic carbocycles. The summed E-state index contributed by atoms with van der Waals surface area (Å²) in [6.07, 6.45) is 0.715. The molecular formula is C23H26N2O5S. The summed E-state index contributed by atoms with van der Waals surface area (Å²) in [6.45, 7) is 4.28. The predicted molar refractivity (Wildman–Crippen MR) is 120 cm³/mol. The van der Waals surface area contributed by atoms with Crippen molar-refractivity contribution in [2.24, 2.45) is 0 Å². The summed E-state index contributed by atoms with van der Waals surface area (Å²) in [7, 11) is 0. The van der Waals surface area contributed by atoms with Crippen LogP contribution in [0, 0.1) is 0 Å². The lowest BCUT2D eigenvalue weighted by molar-refractivity contribution is -0.147. The number of rotatable bonds is 7. The number of hydrogen-bond acceptors (Lipinski definition) is 6. The van der Waals surface area contributed by atoms with E-state index in [1.165, 1.54) is 16.7 Å². The fourth-order valence-electron chi connectivity index (χ4n) is 3.20. The van der Waals surface area contributed by atoms with E-state index in [1.807, 2.05) is 37.3 Å². The third kappa shape index (κ3) is 5.58. The van der Waals surface area contributed by atoms with Crippen LogP contribution in [-0.4, -0.2) is 47.9 Å². The molecule has 31 heavy (non-hydrogen) atoms. The lowest BCUT2D eigenvalue weighted by Gasteiger charge is -2.28. The van der Waals surface area contributed by atoms with Crippen LogP contribution >= 0.6 is 11.8 Å². The Bertz CT molecular complexity index is 904. The number of benzene rings is 2. The van der Waals surface area contributed by atoms with Crippen LogP contribution in [0.3, 0.4) is 0 Å². The van der Waals surface area contributed by atoms with Gasteiger partial charge >= 0.3 is 18.0 Å². The molecule has 0 radical (unpaired) electrons. The van der Waals surface area contributed by atoms with Crippen molar-refractivity contribution in [2.45, 2.75) is 31.7 Å². The Labute approximate surface area is 186 Å². The summed E-state index contributed by atoms with van der Waals surface area (Å²) in [6, 6.07) is 15.0. The number of nitrogens with one attached hydrogen (secondary N) is 1. The molecular weight excluding hydrogens is 416 g/mol. The van der Waals surface area contributed by atoms with Crippen LogP contribution in [0.4, 0.5) is 10.5 Å². The van der Waals surface area contributed by atoms with E-state index >= 15 is 0 Å². The summed E-state index contributed by atoms with van der Waals surface area (Å²) < 4.78 is 10.3. The molecule has 2 atom stereocenters. The van der Waals surface area contributed by atoms with Gasteiger partial charge in [0.05, 0.1) is 18.8 Å². The number of thioether (sulfide) groups is 1. The molecule has 1 aliphatic heterocycles. The van der Waals surface area contributed by atoms with E-state index < -0.39 is 24.0 Å². The first kappa shape index (κ1) is 22.7. The first-order valence-corrected chi connectivity index (χ1v) is 11.3. The standard InChI is InChI=1S/C23H26N2O5S/c1-3-14-30-22(27)19-15-31-20(16-8-6-5-7-9-16)25(19)23(28)24-18-12-10-17(11-13-18)21(26)29-4-2/h5-13,19-20H,3-4,14-15H2,1-2H3,(H,24,28). The van der Waals surface area contributed by atoms with Gasteiger partial charge in [-0.25, -0.2) is 14.4 Å². The Balaban J connectivity index is 1.79. The normalized spacial score (nSPS) is 17.8. The van der Waals surface area contributed by atoms with Crippen molar-refractivity contribution in [1.82, 2.24) is 4.90 Å². The van der Waals surface area contributed by atoms with Crippen LogP contribution in [0.1, 0.15) is 41.6 Å². The highest BCUT2D eigenvalue weighted by atomic mass is 32.2. The number of anilines is 1. The average Bonchev–Trinajstić information content (AvgIpc) is 3.24. The minimum absolute atomic E-state index is 0.292. The Morgan fingerprint density at radius 1 is 1.03 bits per heavy atom. The molecule has 1 saturated heterocycles. The monoisotopic (exact) mass is 442 g/mol. The van der Waals surface area contributed by atoms with Crippen molar-refractivity contribution in [3.63, 3.8) is 0 Å². The highest BCUT2D eigenvalue weighted by molar-refractivity contribution is 7.99. The van der Waals surface area contributed by atoms with Gasteiger partial charge in [-0.15, -0.1) is 11.8 Å². The smallest absolute Gasteiger partial charge is 0.338 e. The fourth-order valence-corrected chi connectivity index (χ4v) is 4.62. The minimum Gasteiger partial charge on any atom is -0.464 e. The lowest BCUT2D eigenvalue weighted by atomic mass is 10.2. The lowest BCUT2D eigenvalue weighted by Crippen LogP contribution is -2.45. The molecule has 8 heteroatoms. The van der Waals surface area contributed by atoms with Gasteiger partial charge in [0.25, 0.3) is 0 Å². The second-order valence-electron chi connectivity index (χ2n) is 6.91. The van der Waals surface area contributed by atoms with Crippen molar-refractivity contribution in [1.29, 1.82) is 0 Å². The van der Waals surface area contributed by atoms with Gasteiger partial charge in [-0.2, -0.15) is 0 Å². The zero-order chi connectivity index (χ0) is 22.2. The van der Waals surface area contributed by atoms with Crippen molar-refractivity contribution in [3.8, 4) is 0 Å². The van der Waals surface area contributed by atoms with Crippen molar-refractivity contribution in [3.05, 3.63) is 65.7 Å². The molecule has 2 aromatic rings. The van der Waals surface area contributed by atoms with Crippen LogP contribution in [0.5, 0.6) is 0 Å². The predicted octanol–water partition coefficient (Wildman–Crippen LogP) is 4.46. The van der Waals surface area contributed by atoms with Crippen molar-refractivity contribution in [2.75, 3.05) is 24.3 Å². The highest BCUT2D eigenvalue weighted by Gasteiger charge is 2.43. The van der Waals surface area contributed by atoms with Crippen LogP contribution in [-0.2, 0) is 14.3 Å². The third-order valence-corrected chi connectivity index (χ3v) is 6.01. The first-order valence-electron chi connectivity index (χ1n) is 10.2. The van der Waals surface area contributed by atoms with E-state index in [9.17, 15) is 14.4 Å². The maximum absolute atomic E-state index is 13.2. The van der Waals surface area contributed by atoms with Gasteiger partial charge in [-0.3, -0.25) is 4.90 Å². The second-order valence-corrected chi connectivity index (χ2v) is 8.03. The molecule has 1 heterocycles. The first-order chi connectivity index (χ1) is 15.0. The van der Waals surface area contributed by atoms with Gasteiger partial charge in [0.15, 0.2) is 0 Å². The number of urea groups is 1. The van der Waals surface area contributed by atoms with Gasteiger partial charge in [-0.05, 0) is 43.2 Å². The number of hydrogen-bond donors (Lipinski definition) is 1. The maximum Gasteiger partial charge on any atom is 0.338 e. The largest absolute Gasteiger partial charge is 0.464 e. The van der Waals surface area contributed by atoms with Crippen LogP contribution in [0.15, 0.2) is 54.6 Å². The zero-order valence-corrected chi connectivity index (χ0v) is 18.4. The Morgan fingerprint density at radius 2 is 1.74 bits per heavy atom. The molecule has 7 nitrogen and oxygen atoms in total.